The third kappa shape index (κ3) is 3.74. The van der Waals surface area contributed by atoms with Crippen molar-refractivity contribution in [3.05, 3.63) is 0 Å². The summed E-state index contributed by atoms with van der Waals surface area (Å²) in [6.45, 7) is 6.37. The Labute approximate surface area is 75.7 Å². The second-order valence-electron chi connectivity index (χ2n) is 3.61. The predicted molar refractivity (Wildman–Crippen MR) is 51.9 cm³/mol. The second kappa shape index (κ2) is 6.04. The van der Waals surface area contributed by atoms with Crippen LogP contribution >= 0.6 is 0 Å². The summed E-state index contributed by atoms with van der Waals surface area (Å²) in [6.07, 6.45) is 3.34. The average Bonchev–Trinajstić information content (AvgIpc) is 2.04. The van der Waals surface area contributed by atoms with Gasteiger partial charge in [-0.05, 0) is 12.3 Å². The van der Waals surface area contributed by atoms with Crippen molar-refractivity contribution in [3.8, 4) is 0 Å². The van der Waals surface area contributed by atoms with Crippen LogP contribution in [0.3, 0.4) is 0 Å². The highest BCUT2D eigenvalue weighted by Crippen LogP contribution is 2.17. The monoisotopic (exact) mass is 171 g/mol. The molecular formula is C10H21NO. The number of unbranched alkanes of at least 4 members (excludes halogenated alkanes) is 1. The van der Waals surface area contributed by atoms with Crippen molar-refractivity contribution >= 4 is 5.91 Å². The zero-order valence-electron chi connectivity index (χ0n) is 8.68. The summed E-state index contributed by atoms with van der Waals surface area (Å²) in [7, 11) is 1.71. The van der Waals surface area contributed by atoms with Crippen molar-refractivity contribution in [2.24, 2.45) is 11.8 Å². The van der Waals surface area contributed by atoms with Crippen LogP contribution in [-0.4, -0.2) is 13.0 Å². The Kier molecular flexibility index (Phi) is 5.77. The molecule has 0 aromatic heterocycles. The summed E-state index contributed by atoms with van der Waals surface area (Å²) in [6, 6.07) is 0. The maximum atomic E-state index is 11.3. The van der Waals surface area contributed by atoms with Gasteiger partial charge in [-0.3, -0.25) is 4.79 Å². The minimum Gasteiger partial charge on any atom is -0.359 e. The maximum absolute atomic E-state index is 11.3. The molecule has 0 aliphatic carbocycles. The lowest BCUT2D eigenvalue weighted by Gasteiger charge is -2.18. The molecule has 1 unspecified atom stereocenters. The smallest absolute Gasteiger partial charge is 0.223 e. The number of carbonyl (C=O) groups is 1. The normalized spacial score (nSPS) is 13.1. The van der Waals surface area contributed by atoms with E-state index in [2.05, 4.69) is 26.1 Å². The standard InChI is InChI=1S/C10H21NO/c1-5-6-7-9(8(2)3)10(12)11-4/h8-9H,5-7H2,1-4H3,(H,11,12). The zero-order valence-corrected chi connectivity index (χ0v) is 8.68. The molecule has 0 saturated heterocycles. The molecule has 0 spiro atoms. The van der Waals surface area contributed by atoms with E-state index in [9.17, 15) is 4.79 Å². The van der Waals surface area contributed by atoms with Gasteiger partial charge in [0.15, 0.2) is 0 Å². The summed E-state index contributed by atoms with van der Waals surface area (Å²) < 4.78 is 0. The van der Waals surface area contributed by atoms with E-state index in [4.69, 9.17) is 0 Å². The van der Waals surface area contributed by atoms with Gasteiger partial charge in [0.05, 0.1) is 0 Å². The van der Waals surface area contributed by atoms with Crippen LogP contribution in [0.5, 0.6) is 0 Å². The quantitative estimate of drug-likeness (QED) is 0.675. The molecule has 0 saturated carbocycles. The van der Waals surface area contributed by atoms with Crippen molar-refractivity contribution in [3.63, 3.8) is 0 Å². The average molecular weight is 171 g/mol. The summed E-state index contributed by atoms with van der Waals surface area (Å²) in [4.78, 5) is 11.3. The highest BCUT2D eigenvalue weighted by Gasteiger charge is 2.19. The van der Waals surface area contributed by atoms with E-state index in [0.717, 1.165) is 12.8 Å². The van der Waals surface area contributed by atoms with E-state index in [1.165, 1.54) is 6.42 Å². The van der Waals surface area contributed by atoms with Gasteiger partial charge in [-0.2, -0.15) is 0 Å². The molecule has 1 N–H and O–H groups in total. The number of nitrogens with one attached hydrogen (secondary N) is 1. The van der Waals surface area contributed by atoms with Gasteiger partial charge in [0.25, 0.3) is 0 Å². The van der Waals surface area contributed by atoms with Crippen LogP contribution in [0.25, 0.3) is 0 Å². The molecule has 0 aromatic rings. The van der Waals surface area contributed by atoms with Gasteiger partial charge in [0, 0.05) is 13.0 Å². The molecule has 0 aliphatic heterocycles. The first-order valence-electron chi connectivity index (χ1n) is 4.85. The van der Waals surface area contributed by atoms with E-state index in [1.54, 1.807) is 7.05 Å². The van der Waals surface area contributed by atoms with Crippen LogP contribution in [0.1, 0.15) is 40.0 Å². The SMILES string of the molecule is CCCCC(C(=O)NC)C(C)C. The van der Waals surface area contributed by atoms with E-state index in [1.807, 2.05) is 0 Å². The van der Waals surface area contributed by atoms with Crippen LogP contribution in [-0.2, 0) is 4.79 Å². The van der Waals surface area contributed by atoms with Crippen molar-refractivity contribution in [2.75, 3.05) is 7.05 Å². The number of carbonyl (C=O) groups excluding carboxylic acids is 1. The topological polar surface area (TPSA) is 29.1 Å². The fraction of sp³-hybridized carbons (Fsp3) is 0.900. The van der Waals surface area contributed by atoms with Gasteiger partial charge in [-0.1, -0.05) is 33.6 Å². The first-order valence-corrected chi connectivity index (χ1v) is 4.85. The fourth-order valence-corrected chi connectivity index (χ4v) is 1.38. The highest BCUT2D eigenvalue weighted by molar-refractivity contribution is 5.78. The third-order valence-electron chi connectivity index (χ3n) is 2.26. The Hall–Kier alpha value is -0.530. The van der Waals surface area contributed by atoms with Crippen LogP contribution in [0.2, 0.25) is 0 Å². The molecule has 0 aliphatic rings. The predicted octanol–water partition coefficient (Wildman–Crippen LogP) is 2.19. The lowest BCUT2D eigenvalue weighted by atomic mass is 9.90. The molecular weight excluding hydrogens is 150 g/mol. The lowest BCUT2D eigenvalue weighted by Crippen LogP contribution is -2.30. The van der Waals surface area contributed by atoms with E-state index in [0.29, 0.717) is 5.92 Å². The van der Waals surface area contributed by atoms with Crippen LogP contribution in [0, 0.1) is 11.8 Å². The van der Waals surface area contributed by atoms with E-state index >= 15 is 0 Å². The van der Waals surface area contributed by atoms with Crippen molar-refractivity contribution in [1.29, 1.82) is 0 Å². The van der Waals surface area contributed by atoms with Crippen molar-refractivity contribution < 1.29 is 4.79 Å². The van der Waals surface area contributed by atoms with Gasteiger partial charge < -0.3 is 5.32 Å². The molecule has 2 nitrogen and oxygen atoms in total. The molecule has 0 heterocycles. The van der Waals surface area contributed by atoms with Gasteiger partial charge in [-0.15, -0.1) is 0 Å². The number of hydrogen-bond acceptors (Lipinski definition) is 1. The van der Waals surface area contributed by atoms with Gasteiger partial charge in [0.1, 0.15) is 0 Å². The molecule has 1 atom stereocenters. The first-order chi connectivity index (χ1) is 5.63. The molecule has 2 heteroatoms. The van der Waals surface area contributed by atoms with Crippen LogP contribution in [0.4, 0.5) is 0 Å². The molecule has 1 amide bonds. The number of amides is 1. The van der Waals surface area contributed by atoms with Gasteiger partial charge in [-0.25, -0.2) is 0 Å². The Morgan fingerprint density at radius 1 is 1.42 bits per heavy atom. The van der Waals surface area contributed by atoms with Crippen LogP contribution < -0.4 is 5.32 Å². The van der Waals surface area contributed by atoms with Crippen molar-refractivity contribution in [1.82, 2.24) is 5.32 Å². The zero-order chi connectivity index (χ0) is 9.56. The Bertz CT molecular complexity index is 132. The van der Waals surface area contributed by atoms with Crippen LogP contribution in [0.15, 0.2) is 0 Å². The first kappa shape index (κ1) is 11.5. The summed E-state index contributed by atoms with van der Waals surface area (Å²) in [5.74, 6) is 0.852. The van der Waals surface area contributed by atoms with Gasteiger partial charge in [0.2, 0.25) is 5.91 Å². The lowest BCUT2D eigenvalue weighted by molar-refractivity contribution is -0.126. The molecule has 0 radical (unpaired) electrons. The summed E-state index contributed by atoms with van der Waals surface area (Å²) >= 11 is 0. The van der Waals surface area contributed by atoms with Gasteiger partial charge >= 0.3 is 0 Å². The molecule has 0 rings (SSSR count). The number of rotatable bonds is 5. The molecule has 0 bridgehead atoms. The fourth-order valence-electron chi connectivity index (χ4n) is 1.38. The minimum absolute atomic E-state index is 0.193. The van der Waals surface area contributed by atoms with E-state index < -0.39 is 0 Å². The summed E-state index contributed by atoms with van der Waals surface area (Å²) in [5.41, 5.74) is 0. The largest absolute Gasteiger partial charge is 0.359 e. The Morgan fingerprint density at radius 3 is 2.33 bits per heavy atom. The molecule has 72 valence electrons. The Morgan fingerprint density at radius 2 is 2.00 bits per heavy atom. The number of hydrogen-bond donors (Lipinski definition) is 1. The molecule has 0 aromatic carbocycles. The highest BCUT2D eigenvalue weighted by atomic mass is 16.1. The maximum Gasteiger partial charge on any atom is 0.223 e. The molecule has 0 fully saturated rings. The molecule has 12 heavy (non-hydrogen) atoms. The minimum atomic E-state index is 0.193. The van der Waals surface area contributed by atoms with E-state index in [-0.39, 0.29) is 11.8 Å². The second-order valence-corrected chi connectivity index (χ2v) is 3.61. The Balaban J connectivity index is 3.95. The van der Waals surface area contributed by atoms with Crippen molar-refractivity contribution in [2.45, 2.75) is 40.0 Å². The third-order valence-corrected chi connectivity index (χ3v) is 2.26. The summed E-state index contributed by atoms with van der Waals surface area (Å²) in [5, 5.41) is 2.72.